The highest BCUT2D eigenvalue weighted by molar-refractivity contribution is 5.69. The van der Waals surface area contributed by atoms with Crippen molar-refractivity contribution in [1.82, 2.24) is 0 Å². The Kier molecular flexibility index (Phi) is 25.3. The first-order valence-electron chi connectivity index (χ1n) is 9.70. The van der Waals surface area contributed by atoms with Gasteiger partial charge in [0.1, 0.15) is 5.82 Å². The summed E-state index contributed by atoms with van der Waals surface area (Å²) in [5.74, 6) is 0.00867. The Balaban J connectivity index is -0.000000431. The molecular weight excluding hydrogens is 368 g/mol. The van der Waals surface area contributed by atoms with Crippen LogP contribution in [0.3, 0.4) is 0 Å². The molecule has 5 heteroatoms. The number of hydrogen-bond donors (Lipinski definition) is 2. The van der Waals surface area contributed by atoms with Crippen LogP contribution in [0.4, 0.5) is 8.78 Å². The van der Waals surface area contributed by atoms with Gasteiger partial charge in [-0.15, -0.1) is 12.3 Å². The van der Waals surface area contributed by atoms with E-state index in [1.165, 1.54) is 12.1 Å². The summed E-state index contributed by atoms with van der Waals surface area (Å²) in [7, 11) is 0. The highest BCUT2D eigenvalue weighted by Crippen LogP contribution is 2.14. The fraction of sp³-hybridized carbons (Fsp3) is 0.417. The van der Waals surface area contributed by atoms with Gasteiger partial charge in [-0.05, 0) is 55.6 Å². The maximum Gasteiger partial charge on any atom is 0.123 e. The number of nitrogens with two attached hydrogens (primary N) is 2. The molecule has 0 bridgehead atoms. The molecule has 0 aliphatic heterocycles. The molecule has 0 aliphatic rings. The van der Waals surface area contributed by atoms with E-state index >= 15 is 0 Å². The topological polar surface area (TPSA) is 64.4 Å². The molecule has 1 unspecified atom stereocenters. The fourth-order valence-corrected chi connectivity index (χ4v) is 1.74. The second-order valence-corrected chi connectivity index (χ2v) is 6.05. The summed E-state index contributed by atoms with van der Waals surface area (Å²) in [5, 5.41) is 0. The molecule has 3 nitrogen and oxygen atoms in total. The summed E-state index contributed by atoms with van der Waals surface area (Å²) in [6.45, 7) is 18.2. The van der Waals surface area contributed by atoms with Crippen molar-refractivity contribution >= 4 is 11.9 Å². The van der Waals surface area contributed by atoms with Gasteiger partial charge in [-0.3, -0.25) is 9.38 Å². The van der Waals surface area contributed by atoms with E-state index in [0.717, 1.165) is 24.9 Å². The van der Waals surface area contributed by atoms with Gasteiger partial charge in [-0.1, -0.05) is 46.4 Å². The summed E-state index contributed by atoms with van der Waals surface area (Å²) in [4.78, 5) is 4.18. The van der Waals surface area contributed by atoms with Crippen LogP contribution < -0.4 is 11.5 Å². The third-order valence-electron chi connectivity index (χ3n) is 3.15. The molecule has 4 N–H and O–H groups in total. The Hall–Kier alpha value is -2.49. The number of hydrogen-bond acceptors (Lipinski definition) is 3. The molecule has 0 spiro atoms. The van der Waals surface area contributed by atoms with E-state index in [9.17, 15) is 8.78 Å². The molecule has 0 aliphatic carbocycles. The van der Waals surface area contributed by atoms with Gasteiger partial charge in [0, 0.05) is 12.6 Å². The average molecular weight is 408 g/mol. The van der Waals surface area contributed by atoms with Crippen molar-refractivity contribution in [2.24, 2.45) is 22.4 Å². The normalized spacial score (nSPS) is 11.3. The van der Waals surface area contributed by atoms with E-state index in [-0.39, 0.29) is 18.4 Å². The minimum atomic E-state index is -0.274. The molecule has 0 saturated heterocycles. The molecule has 0 heterocycles. The van der Waals surface area contributed by atoms with Crippen molar-refractivity contribution in [3.05, 3.63) is 72.9 Å². The second-order valence-electron chi connectivity index (χ2n) is 6.05. The van der Waals surface area contributed by atoms with E-state index < -0.39 is 0 Å². The molecule has 1 aromatic carbocycles. The van der Waals surface area contributed by atoms with Gasteiger partial charge in [-0.25, -0.2) is 4.39 Å². The first kappa shape index (κ1) is 31.2. The lowest BCUT2D eigenvalue weighted by Gasteiger charge is -2.03. The Labute approximate surface area is 176 Å². The molecule has 0 fully saturated rings. The molecule has 164 valence electrons. The molecule has 0 amide bonds. The van der Waals surface area contributed by atoms with Gasteiger partial charge in [0.25, 0.3) is 0 Å². The standard InChI is InChI=1S/C13H15FN2.C6H13F.C3H4.C2H7N/c1-3-4-9-16-10(2)13(15)11-5-7-12(14)8-6-11;1-3-4-6(2)5-7;1-3-2;1-2-3/h3,5-9H,1,4,15H2,2H3;6H,3-5H2,1-2H3;1-2H2;2-3H2,1H3/b13-10-,16-9?;;;. The summed E-state index contributed by atoms with van der Waals surface area (Å²) < 4.78 is 24.3. The van der Waals surface area contributed by atoms with E-state index in [1.54, 1.807) is 24.4 Å². The Morgan fingerprint density at radius 3 is 2.07 bits per heavy atom. The zero-order valence-corrected chi connectivity index (χ0v) is 18.6. The van der Waals surface area contributed by atoms with Crippen LogP contribution >= 0.6 is 0 Å². The predicted molar refractivity (Wildman–Crippen MR) is 126 cm³/mol. The van der Waals surface area contributed by atoms with Crippen molar-refractivity contribution < 1.29 is 8.78 Å². The van der Waals surface area contributed by atoms with Crippen molar-refractivity contribution in [2.75, 3.05) is 13.2 Å². The fourth-order valence-electron chi connectivity index (χ4n) is 1.74. The minimum absolute atomic E-state index is 0.159. The SMILES string of the molecule is C=C=C.C=CCC=N/C(C)=C(\N)c1ccc(F)cc1.CCCC(C)CF.CCN. The predicted octanol–water partition coefficient (Wildman–Crippen LogP) is 6.43. The van der Waals surface area contributed by atoms with E-state index in [1.807, 2.05) is 20.8 Å². The zero-order chi connectivity index (χ0) is 23.1. The van der Waals surface area contributed by atoms with Crippen molar-refractivity contribution in [3.8, 4) is 0 Å². The Morgan fingerprint density at radius 2 is 1.72 bits per heavy atom. The second kappa shape index (κ2) is 23.5. The van der Waals surface area contributed by atoms with Gasteiger partial charge < -0.3 is 11.5 Å². The first-order valence-corrected chi connectivity index (χ1v) is 9.70. The number of allylic oxidation sites excluding steroid dienone is 2. The molecule has 1 atom stereocenters. The maximum absolute atomic E-state index is 12.7. The smallest absolute Gasteiger partial charge is 0.123 e. The lowest BCUT2D eigenvalue weighted by molar-refractivity contribution is 0.364. The number of alkyl halides is 1. The van der Waals surface area contributed by atoms with Crippen molar-refractivity contribution in [3.63, 3.8) is 0 Å². The highest BCUT2D eigenvalue weighted by atomic mass is 19.1. The molecule has 0 radical (unpaired) electrons. The first-order chi connectivity index (χ1) is 13.8. The van der Waals surface area contributed by atoms with Crippen LogP contribution in [0, 0.1) is 11.7 Å². The zero-order valence-electron chi connectivity index (χ0n) is 18.6. The van der Waals surface area contributed by atoms with E-state index in [0.29, 0.717) is 17.8 Å². The van der Waals surface area contributed by atoms with Gasteiger partial charge in [-0.2, -0.15) is 0 Å². The Morgan fingerprint density at radius 1 is 1.24 bits per heavy atom. The Bertz CT molecular complexity index is 599. The number of rotatable bonds is 7. The van der Waals surface area contributed by atoms with Gasteiger partial charge in [0.15, 0.2) is 0 Å². The monoisotopic (exact) mass is 407 g/mol. The average Bonchev–Trinajstić information content (AvgIpc) is 2.70. The van der Waals surface area contributed by atoms with Gasteiger partial charge in [0.05, 0.1) is 18.1 Å². The number of halogens is 2. The number of aliphatic imine (C=N–C) groups is 1. The van der Waals surface area contributed by atoms with Crippen LogP contribution in [0.15, 0.2) is 66.5 Å². The summed E-state index contributed by atoms with van der Waals surface area (Å²) in [6, 6.07) is 6.03. The molecule has 0 saturated carbocycles. The van der Waals surface area contributed by atoms with Crippen LogP contribution in [0.1, 0.15) is 52.5 Å². The third-order valence-corrected chi connectivity index (χ3v) is 3.15. The molecule has 1 aromatic rings. The molecular formula is C24H39F2N3. The van der Waals surface area contributed by atoms with E-state index in [2.05, 4.69) is 37.4 Å². The van der Waals surface area contributed by atoms with Crippen LogP contribution in [0.2, 0.25) is 0 Å². The van der Waals surface area contributed by atoms with Crippen molar-refractivity contribution in [1.29, 1.82) is 0 Å². The minimum Gasteiger partial charge on any atom is -0.397 e. The third kappa shape index (κ3) is 21.7. The van der Waals surface area contributed by atoms with Crippen LogP contribution in [0.5, 0.6) is 0 Å². The van der Waals surface area contributed by atoms with Gasteiger partial charge in [0.2, 0.25) is 0 Å². The van der Waals surface area contributed by atoms with Crippen LogP contribution in [0.25, 0.3) is 5.70 Å². The summed E-state index contributed by atoms with van der Waals surface area (Å²) in [6.07, 6.45) is 6.32. The van der Waals surface area contributed by atoms with Gasteiger partial charge >= 0.3 is 0 Å². The lowest BCUT2D eigenvalue weighted by atomic mass is 10.1. The maximum atomic E-state index is 12.7. The molecule has 1 rings (SSSR count). The van der Waals surface area contributed by atoms with Crippen LogP contribution in [-0.2, 0) is 0 Å². The van der Waals surface area contributed by atoms with Crippen molar-refractivity contribution in [2.45, 2.75) is 47.0 Å². The van der Waals surface area contributed by atoms with E-state index in [4.69, 9.17) is 11.5 Å². The number of nitrogens with zero attached hydrogens (tertiary/aromatic N) is 1. The summed E-state index contributed by atoms with van der Waals surface area (Å²) >= 11 is 0. The molecule has 29 heavy (non-hydrogen) atoms. The quantitative estimate of drug-likeness (QED) is 0.310. The molecule has 0 aromatic heterocycles. The summed E-state index contributed by atoms with van der Waals surface area (Å²) in [5.41, 5.74) is 15.0. The van der Waals surface area contributed by atoms with Crippen LogP contribution in [-0.4, -0.2) is 19.4 Å². The lowest BCUT2D eigenvalue weighted by Crippen LogP contribution is -1.99. The number of benzene rings is 1. The largest absolute Gasteiger partial charge is 0.397 e. The highest BCUT2D eigenvalue weighted by Gasteiger charge is 2.00.